The number of aromatic nitrogens is 2. The molecule has 0 radical (unpaired) electrons. The molecular weight excluding hydrogens is 486 g/mol. The molecule has 0 bridgehead atoms. The van der Waals surface area contributed by atoms with Crippen LogP contribution in [0.1, 0.15) is 29.6 Å². The number of amides is 1. The molecule has 0 spiro atoms. The summed E-state index contributed by atoms with van der Waals surface area (Å²) in [5.74, 6) is -1.61. The lowest BCUT2D eigenvalue weighted by Crippen LogP contribution is -2.65. The van der Waals surface area contributed by atoms with Crippen molar-refractivity contribution in [3.8, 4) is 0 Å². The zero-order valence-electron chi connectivity index (χ0n) is 19.3. The van der Waals surface area contributed by atoms with Gasteiger partial charge in [0.25, 0.3) is 5.91 Å². The highest BCUT2D eigenvalue weighted by Gasteiger charge is 2.44. The topological polar surface area (TPSA) is 178 Å². The highest BCUT2D eigenvalue weighted by Crippen LogP contribution is 2.21. The van der Waals surface area contributed by atoms with Crippen LogP contribution in [0.5, 0.6) is 0 Å². The van der Waals surface area contributed by atoms with Gasteiger partial charge < -0.3 is 21.1 Å². The van der Waals surface area contributed by atoms with E-state index in [1.165, 1.54) is 36.5 Å². The second-order valence-corrected chi connectivity index (χ2v) is 9.95. The van der Waals surface area contributed by atoms with Gasteiger partial charge in [-0.05, 0) is 37.5 Å². The lowest BCUT2D eigenvalue weighted by molar-refractivity contribution is -0.145. The molecular formula is C23H27N7O5S. The predicted molar refractivity (Wildman–Crippen MR) is 133 cm³/mol. The van der Waals surface area contributed by atoms with Gasteiger partial charge in [-0.2, -0.15) is 9.82 Å². The Labute approximate surface area is 207 Å². The van der Waals surface area contributed by atoms with Crippen molar-refractivity contribution in [1.82, 2.24) is 30.9 Å². The molecule has 1 unspecified atom stereocenters. The molecule has 36 heavy (non-hydrogen) atoms. The van der Waals surface area contributed by atoms with E-state index in [1.807, 2.05) is 0 Å². The number of para-hydroxylation sites is 1. The number of fused-ring (bicyclic) bond motifs is 1. The molecule has 190 valence electrons. The van der Waals surface area contributed by atoms with Gasteiger partial charge in [0, 0.05) is 18.5 Å². The number of nitrogens with zero attached hydrogens (tertiary/aromatic N) is 2. The number of carboxylic acids is 1. The summed E-state index contributed by atoms with van der Waals surface area (Å²) in [4.78, 5) is 30.0. The van der Waals surface area contributed by atoms with Crippen molar-refractivity contribution in [2.24, 2.45) is 4.99 Å². The molecule has 0 fully saturated rings. The number of carbonyl (C=O) groups excluding carboxylic acids is 1. The summed E-state index contributed by atoms with van der Waals surface area (Å²) in [7, 11) is -4.29. The van der Waals surface area contributed by atoms with E-state index in [4.69, 9.17) is 0 Å². The molecule has 3 aromatic rings. The van der Waals surface area contributed by atoms with Crippen LogP contribution in [-0.4, -0.2) is 66.9 Å². The van der Waals surface area contributed by atoms with E-state index < -0.39 is 27.6 Å². The molecule has 0 saturated heterocycles. The van der Waals surface area contributed by atoms with E-state index in [2.05, 4.69) is 35.9 Å². The van der Waals surface area contributed by atoms with Crippen LogP contribution < -0.4 is 20.7 Å². The lowest BCUT2D eigenvalue weighted by atomic mass is 10.0. The third kappa shape index (κ3) is 5.63. The first-order valence-corrected chi connectivity index (χ1v) is 12.9. The van der Waals surface area contributed by atoms with Crippen molar-refractivity contribution < 1.29 is 23.1 Å². The number of unbranched alkanes of at least 4 members (excludes halogenated alkanes) is 1. The molecule has 4 rings (SSSR count). The highest BCUT2D eigenvalue weighted by molar-refractivity contribution is 7.89. The Kier molecular flexibility index (Phi) is 7.50. The molecule has 1 amide bonds. The van der Waals surface area contributed by atoms with E-state index >= 15 is 0 Å². The van der Waals surface area contributed by atoms with Crippen LogP contribution in [0.2, 0.25) is 0 Å². The fourth-order valence-corrected chi connectivity index (χ4v) is 5.22. The zero-order chi connectivity index (χ0) is 25.6. The summed E-state index contributed by atoms with van der Waals surface area (Å²) >= 11 is 0. The second kappa shape index (κ2) is 10.7. The average molecular weight is 514 g/mol. The number of nitrogens with one attached hydrogen (secondary N) is 5. The Morgan fingerprint density at radius 3 is 2.61 bits per heavy atom. The SMILES string of the molecule is O=C(NC(CCCCNC1=NCCN1)(NS(=O)(=O)c1ccccc1)C(=O)O)c1cccc2cn[nH]c12. The van der Waals surface area contributed by atoms with Crippen molar-refractivity contribution in [1.29, 1.82) is 0 Å². The van der Waals surface area contributed by atoms with Crippen LogP contribution in [0.15, 0.2) is 64.6 Å². The van der Waals surface area contributed by atoms with E-state index in [0.717, 1.165) is 6.54 Å². The van der Waals surface area contributed by atoms with Gasteiger partial charge in [0.2, 0.25) is 15.7 Å². The smallest absolute Gasteiger partial charge is 0.345 e. The Morgan fingerprint density at radius 2 is 1.89 bits per heavy atom. The third-order valence-corrected chi connectivity index (χ3v) is 7.23. The number of rotatable bonds is 11. The number of aliphatic imine (C=N–C) groups is 1. The lowest BCUT2D eigenvalue weighted by Gasteiger charge is -2.31. The molecule has 13 heteroatoms. The quantitative estimate of drug-likeness (QED) is 0.161. The summed E-state index contributed by atoms with van der Waals surface area (Å²) < 4.78 is 28.5. The Hall–Kier alpha value is -3.97. The molecule has 1 aromatic heterocycles. The first-order valence-electron chi connectivity index (χ1n) is 11.4. The zero-order valence-corrected chi connectivity index (χ0v) is 20.1. The number of carboxylic acid groups (broad SMARTS) is 1. The Balaban J connectivity index is 1.58. The fourth-order valence-electron chi connectivity index (χ4n) is 3.89. The molecule has 1 aliphatic rings. The maximum Gasteiger partial charge on any atom is 0.345 e. The largest absolute Gasteiger partial charge is 0.478 e. The van der Waals surface area contributed by atoms with Gasteiger partial charge in [0.05, 0.1) is 28.7 Å². The highest BCUT2D eigenvalue weighted by atomic mass is 32.2. The predicted octanol–water partition coefficient (Wildman–Crippen LogP) is 0.771. The summed E-state index contributed by atoms with van der Waals surface area (Å²) in [6.07, 6.45) is 2.14. The molecule has 2 aromatic carbocycles. The number of guanidine groups is 1. The van der Waals surface area contributed by atoms with Crippen molar-refractivity contribution in [2.75, 3.05) is 19.6 Å². The van der Waals surface area contributed by atoms with Crippen LogP contribution in [0.3, 0.4) is 0 Å². The summed E-state index contributed by atoms with van der Waals surface area (Å²) in [5, 5.41) is 26.2. The number of H-pyrrole nitrogens is 1. The van der Waals surface area contributed by atoms with Gasteiger partial charge in [0.15, 0.2) is 5.96 Å². The second-order valence-electron chi connectivity index (χ2n) is 8.26. The van der Waals surface area contributed by atoms with Gasteiger partial charge in [-0.25, -0.2) is 13.2 Å². The van der Waals surface area contributed by atoms with Crippen LogP contribution >= 0.6 is 0 Å². The first-order chi connectivity index (χ1) is 17.3. The number of hydrogen-bond donors (Lipinski definition) is 6. The first kappa shape index (κ1) is 25.1. The summed E-state index contributed by atoms with van der Waals surface area (Å²) in [6, 6.07) is 12.3. The van der Waals surface area contributed by atoms with Crippen LogP contribution in [0, 0.1) is 0 Å². The molecule has 12 nitrogen and oxygen atoms in total. The van der Waals surface area contributed by atoms with Crippen LogP contribution in [0.4, 0.5) is 0 Å². The van der Waals surface area contributed by atoms with Gasteiger partial charge in [-0.3, -0.25) is 14.9 Å². The number of hydrogen-bond acceptors (Lipinski definition) is 8. The number of sulfonamides is 1. The molecule has 6 N–H and O–H groups in total. The normalized spacial score (nSPS) is 15.1. The molecule has 0 saturated carbocycles. The van der Waals surface area contributed by atoms with E-state index in [-0.39, 0.29) is 16.9 Å². The maximum atomic E-state index is 13.3. The van der Waals surface area contributed by atoms with E-state index in [1.54, 1.807) is 18.2 Å². The van der Waals surface area contributed by atoms with Crippen LogP contribution in [-0.2, 0) is 14.8 Å². The van der Waals surface area contributed by atoms with Gasteiger partial charge in [-0.1, -0.05) is 30.3 Å². The van der Waals surface area contributed by atoms with Crippen molar-refractivity contribution in [3.05, 3.63) is 60.3 Å². The van der Waals surface area contributed by atoms with Crippen molar-refractivity contribution in [3.63, 3.8) is 0 Å². The van der Waals surface area contributed by atoms with Gasteiger partial charge in [-0.15, -0.1) is 0 Å². The number of carbonyl (C=O) groups is 2. The van der Waals surface area contributed by atoms with Crippen LogP contribution in [0.25, 0.3) is 10.9 Å². The molecule has 0 aliphatic carbocycles. The van der Waals surface area contributed by atoms with Crippen molar-refractivity contribution in [2.45, 2.75) is 29.8 Å². The number of aliphatic carboxylic acids is 1. The molecule has 2 heterocycles. The minimum Gasteiger partial charge on any atom is -0.478 e. The number of benzene rings is 2. The number of aromatic amines is 1. The standard InChI is InChI=1S/C23H27N7O5S/c31-20(18-10-6-7-16-15-27-29-19(16)18)28-23(21(32)33,11-4-5-12-24-22-25-13-14-26-22)30-36(34,35)17-8-2-1-3-9-17/h1-3,6-10,15,30H,4-5,11-14H2,(H,27,29)(H,28,31)(H,32,33)(H2,24,25,26). The summed E-state index contributed by atoms with van der Waals surface area (Å²) in [6.45, 7) is 1.93. The minimum atomic E-state index is -4.29. The monoisotopic (exact) mass is 513 g/mol. The fraction of sp³-hybridized carbons (Fsp3) is 0.304. The third-order valence-electron chi connectivity index (χ3n) is 5.72. The van der Waals surface area contributed by atoms with Gasteiger partial charge >= 0.3 is 5.97 Å². The Bertz CT molecular complexity index is 1370. The van der Waals surface area contributed by atoms with E-state index in [9.17, 15) is 23.1 Å². The maximum absolute atomic E-state index is 13.3. The molecule has 1 aliphatic heterocycles. The van der Waals surface area contributed by atoms with Gasteiger partial charge in [0.1, 0.15) is 0 Å². The Morgan fingerprint density at radius 1 is 1.08 bits per heavy atom. The minimum absolute atomic E-state index is 0.118. The van der Waals surface area contributed by atoms with E-state index in [0.29, 0.717) is 42.8 Å². The summed E-state index contributed by atoms with van der Waals surface area (Å²) in [5.41, 5.74) is -1.74. The van der Waals surface area contributed by atoms with Crippen molar-refractivity contribution >= 4 is 38.8 Å². The molecule has 1 atom stereocenters. The average Bonchev–Trinajstić information content (AvgIpc) is 3.56.